The van der Waals surface area contributed by atoms with Crippen LogP contribution in [-0.4, -0.2) is 48.0 Å². The summed E-state index contributed by atoms with van der Waals surface area (Å²) in [5, 5.41) is 3.97. The van der Waals surface area contributed by atoms with E-state index in [1.165, 1.54) is 24.4 Å². The molecule has 3 N–H and O–H groups in total. The molecule has 0 bridgehead atoms. The first-order valence-electron chi connectivity index (χ1n) is 7.50. The lowest BCUT2D eigenvalue weighted by molar-refractivity contribution is 0.0529. The average Bonchev–Trinajstić information content (AvgIpc) is 2.82. The van der Waals surface area contributed by atoms with Gasteiger partial charge in [0.15, 0.2) is 5.82 Å². The quantitative estimate of drug-likeness (QED) is 0.783. The fraction of sp³-hybridized carbons (Fsp3) is 0.714. The molecule has 0 atom stereocenters. The van der Waals surface area contributed by atoms with Gasteiger partial charge in [-0.05, 0) is 50.3 Å². The third-order valence-electron chi connectivity index (χ3n) is 3.79. The first-order chi connectivity index (χ1) is 10.1. The molecule has 1 aromatic rings. The number of esters is 1. The van der Waals surface area contributed by atoms with Gasteiger partial charge in [0.25, 0.3) is 0 Å². The maximum atomic E-state index is 11.9. The highest BCUT2D eigenvalue weighted by molar-refractivity contribution is 7.11. The van der Waals surface area contributed by atoms with Crippen LogP contribution in [-0.2, 0) is 4.74 Å². The standard InChI is InChI=1S/C14H24N4O2S/c1-3-20-14(19)11-12(15)17-21-13(11)16-6-9-18-7-4-10(2)5-8-18/h10,16H,3-9H2,1-2H3,(H2,15,17). The monoisotopic (exact) mass is 312 g/mol. The Morgan fingerprint density at radius 1 is 1.52 bits per heavy atom. The summed E-state index contributed by atoms with van der Waals surface area (Å²) in [4.78, 5) is 14.3. The van der Waals surface area contributed by atoms with Gasteiger partial charge in [-0.2, -0.15) is 4.37 Å². The minimum absolute atomic E-state index is 0.243. The SMILES string of the molecule is CCOC(=O)c1c(N)nsc1NCCN1CCC(C)CC1. The van der Waals surface area contributed by atoms with Crippen molar-refractivity contribution in [1.82, 2.24) is 9.27 Å². The van der Waals surface area contributed by atoms with Crippen LogP contribution < -0.4 is 11.1 Å². The zero-order valence-electron chi connectivity index (χ0n) is 12.7. The van der Waals surface area contributed by atoms with Gasteiger partial charge in [-0.1, -0.05) is 6.92 Å². The molecule has 6 nitrogen and oxygen atoms in total. The zero-order valence-corrected chi connectivity index (χ0v) is 13.5. The van der Waals surface area contributed by atoms with Gasteiger partial charge in [0, 0.05) is 13.1 Å². The molecule has 7 heteroatoms. The first kappa shape index (κ1) is 16.0. The number of hydrogen-bond donors (Lipinski definition) is 2. The highest BCUT2D eigenvalue weighted by atomic mass is 32.1. The molecule has 2 heterocycles. The van der Waals surface area contributed by atoms with E-state index >= 15 is 0 Å². The summed E-state index contributed by atoms with van der Waals surface area (Å²) in [6.45, 7) is 8.46. The molecular weight excluding hydrogens is 288 g/mol. The number of carbonyl (C=O) groups is 1. The fourth-order valence-electron chi connectivity index (χ4n) is 2.44. The Morgan fingerprint density at radius 2 is 2.24 bits per heavy atom. The van der Waals surface area contributed by atoms with Crippen molar-refractivity contribution in [3.63, 3.8) is 0 Å². The zero-order chi connectivity index (χ0) is 15.2. The van der Waals surface area contributed by atoms with Crippen molar-refractivity contribution in [2.45, 2.75) is 26.7 Å². The Labute approximate surface area is 129 Å². The molecule has 21 heavy (non-hydrogen) atoms. The van der Waals surface area contributed by atoms with Crippen LogP contribution in [0.5, 0.6) is 0 Å². The number of likely N-dealkylation sites (tertiary alicyclic amines) is 1. The number of anilines is 2. The summed E-state index contributed by atoms with van der Waals surface area (Å²) in [7, 11) is 0. The van der Waals surface area contributed by atoms with Crippen LogP contribution in [0.1, 0.15) is 37.0 Å². The molecule has 1 fully saturated rings. The Bertz CT molecular complexity index is 470. The number of ether oxygens (including phenoxy) is 1. The Morgan fingerprint density at radius 3 is 2.90 bits per heavy atom. The highest BCUT2D eigenvalue weighted by Crippen LogP contribution is 2.27. The number of carbonyl (C=O) groups excluding carboxylic acids is 1. The summed E-state index contributed by atoms with van der Waals surface area (Å²) in [5.41, 5.74) is 6.12. The lowest BCUT2D eigenvalue weighted by atomic mass is 9.99. The lowest BCUT2D eigenvalue weighted by Crippen LogP contribution is -2.36. The van der Waals surface area contributed by atoms with E-state index in [0.717, 1.165) is 32.1 Å². The van der Waals surface area contributed by atoms with E-state index in [-0.39, 0.29) is 5.82 Å². The molecule has 0 spiro atoms. The molecule has 1 aliphatic rings. The van der Waals surface area contributed by atoms with Crippen molar-refractivity contribution < 1.29 is 9.53 Å². The molecule has 0 amide bonds. The van der Waals surface area contributed by atoms with Gasteiger partial charge >= 0.3 is 5.97 Å². The van der Waals surface area contributed by atoms with Gasteiger partial charge in [-0.3, -0.25) is 0 Å². The molecule has 0 saturated carbocycles. The van der Waals surface area contributed by atoms with Crippen molar-refractivity contribution in [2.24, 2.45) is 5.92 Å². The third-order valence-corrected chi connectivity index (χ3v) is 4.61. The number of rotatable bonds is 6. The van der Waals surface area contributed by atoms with Crippen LogP contribution in [0.15, 0.2) is 0 Å². The number of nitrogens with one attached hydrogen (secondary N) is 1. The fourth-order valence-corrected chi connectivity index (χ4v) is 3.16. The number of nitrogens with two attached hydrogens (primary N) is 1. The van der Waals surface area contributed by atoms with Gasteiger partial charge in [-0.25, -0.2) is 4.79 Å². The van der Waals surface area contributed by atoms with Gasteiger partial charge in [0.2, 0.25) is 0 Å². The second-order valence-corrected chi connectivity index (χ2v) is 6.22. The predicted molar refractivity (Wildman–Crippen MR) is 85.8 cm³/mol. The highest BCUT2D eigenvalue weighted by Gasteiger charge is 2.21. The first-order valence-corrected chi connectivity index (χ1v) is 8.27. The normalized spacial score (nSPS) is 16.9. The summed E-state index contributed by atoms with van der Waals surface area (Å²) in [5.74, 6) is 0.678. The number of piperidine rings is 1. The molecule has 1 aromatic heterocycles. The molecule has 118 valence electrons. The molecule has 1 aliphatic heterocycles. The van der Waals surface area contributed by atoms with E-state index < -0.39 is 5.97 Å². The molecule has 0 aliphatic carbocycles. The van der Waals surface area contributed by atoms with Crippen molar-refractivity contribution in [1.29, 1.82) is 0 Å². The average molecular weight is 312 g/mol. The number of hydrogen-bond acceptors (Lipinski definition) is 7. The second-order valence-electron chi connectivity index (χ2n) is 5.44. The van der Waals surface area contributed by atoms with E-state index in [1.54, 1.807) is 6.92 Å². The summed E-state index contributed by atoms with van der Waals surface area (Å²) < 4.78 is 9.05. The number of nitrogens with zero attached hydrogens (tertiary/aromatic N) is 2. The lowest BCUT2D eigenvalue weighted by Gasteiger charge is -2.30. The van der Waals surface area contributed by atoms with E-state index in [9.17, 15) is 4.79 Å². The topological polar surface area (TPSA) is 80.5 Å². The predicted octanol–water partition coefficient (Wildman–Crippen LogP) is 2.05. The smallest absolute Gasteiger partial charge is 0.344 e. The van der Waals surface area contributed by atoms with Crippen LogP contribution in [0, 0.1) is 5.92 Å². The maximum absolute atomic E-state index is 11.9. The minimum Gasteiger partial charge on any atom is -0.462 e. The molecule has 2 rings (SSSR count). The summed E-state index contributed by atoms with van der Waals surface area (Å²) in [6.07, 6.45) is 2.53. The largest absolute Gasteiger partial charge is 0.462 e. The van der Waals surface area contributed by atoms with Crippen molar-refractivity contribution in [2.75, 3.05) is 43.8 Å². The van der Waals surface area contributed by atoms with Crippen LogP contribution in [0.3, 0.4) is 0 Å². The van der Waals surface area contributed by atoms with E-state index in [0.29, 0.717) is 17.2 Å². The number of nitrogen functional groups attached to an aromatic ring is 1. The van der Waals surface area contributed by atoms with E-state index in [2.05, 4.69) is 21.5 Å². The van der Waals surface area contributed by atoms with E-state index in [1.807, 2.05) is 0 Å². The molecule has 0 unspecified atom stereocenters. The Hall–Kier alpha value is -1.34. The van der Waals surface area contributed by atoms with E-state index in [4.69, 9.17) is 10.5 Å². The number of aromatic nitrogens is 1. The molecule has 1 saturated heterocycles. The summed E-state index contributed by atoms with van der Waals surface area (Å²) >= 11 is 1.21. The van der Waals surface area contributed by atoms with Crippen molar-refractivity contribution >= 4 is 28.3 Å². The minimum atomic E-state index is -0.405. The van der Waals surface area contributed by atoms with Gasteiger partial charge in [0.1, 0.15) is 10.6 Å². The van der Waals surface area contributed by atoms with Crippen LogP contribution >= 0.6 is 11.5 Å². The maximum Gasteiger partial charge on any atom is 0.344 e. The van der Waals surface area contributed by atoms with Crippen molar-refractivity contribution in [3.05, 3.63) is 5.56 Å². The van der Waals surface area contributed by atoms with Crippen LogP contribution in [0.2, 0.25) is 0 Å². The van der Waals surface area contributed by atoms with Gasteiger partial charge in [0.05, 0.1) is 6.61 Å². The molecule has 0 aromatic carbocycles. The summed E-state index contributed by atoms with van der Waals surface area (Å²) in [6, 6.07) is 0. The Kier molecular flexibility index (Phi) is 5.81. The Balaban J connectivity index is 1.84. The molecular formula is C14H24N4O2S. The molecule has 0 radical (unpaired) electrons. The van der Waals surface area contributed by atoms with Gasteiger partial charge < -0.3 is 20.7 Å². The van der Waals surface area contributed by atoms with Crippen LogP contribution in [0.25, 0.3) is 0 Å². The van der Waals surface area contributed by atoms with Gasteiger partial charge in [-0.15, -0.1) is 0 Å². The van der Waals surface area contributed by atoms with Crippen LogP contribution in [0.4, 0.5) is 10.8 Å². The third kappa shape index (κ3) is 4.31. The second kappa shape index (κ2) is 7.61. The van der Waals surface area contributed by atoms with Crippen molar-refractivity contribution in [3.8, 4) is 0 Å².